The van der Waals surface area contributed by atoms with Crippen LogP contribution >= 0.6 is 0 Å². The Labute approximate surface area is 107 Å². The molecule has 1 N–H and O–H groups in total. The molecule has 0 aromatic heterocycles. The highest BCUT2D eigenvalue weighted by Gasteiger charge is 2.17. The summed E-state index contributed by atoms with van der Waals surface area (Å²) in [5, 5.41) is 2.65. The van der Waals surface area contributed by atoms with Crippen molar-refractivity contribution in [2.24, 2.45) is 0 Å². The van der Waals surface area contributed by atoms with Crippen LogP contribution < -0.4 is 5.32 Å². The molecule has 0 heterocycles. The van der Waals surface area contributed by atoms with Crippen LogP contribution in [0, 0.1) is 13.8 Å². The van der Waals surface area contributed by atoms with Gasteiger partial charge in [0, 0.05) is 11.3 Å². The second kappa shape index (κ2) is 5.21. The van der Waals surface area contributed by atoms with Gasteiger partial charge in [-0.25, -0.2) is 4.79 Å². The third-order valence-corrected chi connectivity index (χ3v) is 2.38. The van der Waals surface area contributed by atoms with Crippen LogP contribution in [0.25, 0.3) is 0 Å². The lowest BCUT2D eigenvalue weighted by Crippen LogP contribution is -2.27. The molecule has 18 heavy (non-hydrogen) atoms. The third-order valence-electron chi connectivity index (χ3n) is 2.38. The summed E-state index contributed by atoms with van der Waals surface area (Å²) in [7, 11) is 0. The van der Waals surface area contributed by atoms with Gasteiger partial charge in [0.2, 0.25) is 0 Å². The second-order valence-electron chi connectivity index (χ2n) is 5.27. The van der Waals surface area contributed by atoms with E-state index in [-0.39, 0.29) is 0 Å². The average Bonchev–Trinajstić information content (AvgIpc) is 2.19. The zero-order valence-corrected chi connectivity index (χ0v) is 11.5. The SMILES string of the molecule is Cc1cc(C)c(NC(=O)OC(C)(C)C)cc1C=O. The minimum Gasteiger partial charge on any atom is -0.444 e. The number of aldehydes is 1. The van der Waals surface area contributed by atoms with Crippen molar-refractivity contribution in [2.45, 2.75) is 40.2 Å². The van der Waals surface area contributed by atoms with E-state index in [2.05, 4.69) is 5.32 Å². The van der Waals surface area contributed by atoms with Crippen molar-refractivity contribution >= 4 is 18.1 Å². The van der Waals surface area contributed by atoms with E-state index in [9.17, 15) is 9.59 Å². The number of aryl methyl sites for hydroxylation is 2. The van der Waals surface area contributed by atoms with Gasteiger partial charge in [0.05, 0.1) is 0 Å². The van der Waals surface area contributed by atoms with Crippen molar-refractivity contribution in [3.05, 3.63) is 28.8 Å². The molecule has 1 aromatic rings. The summed E-state index contributed by atoms with van der Waals surface area (Å²) in [5.74, 6) is 0. The molecule has 0 fully saturated rings. The van der Waals surface area contributed by atoms with E-state index in [0.29, 0.717) is 11.3 Å². The molecular weight excluding hydrogens is 230 g/mol. The van der Waals surface area contributed by atoms with Crippen LogP contribution in [0.1, 0.15) is 42.3 Å². The average molecular weight is 249 g/mol. The number of hydrogen-bond donors (Lipinski definition) is 1. The van der Waals surface area contributed by atoms with Crippen LogP contribution in [-0.2, 0) is 4.74 Å². The Kier molecular flexibility index (Phi) is 4.11. The molecule has 98 valence electrons. The van der Waals surface area contributed by atoms with Crippen LogP contribution in [0.4, 0.5) is 10.5 Å². The maximum Gasteiger partial charge on any atom is 0.412 e. The monoisotopic (exact) mass is 249 g/mol. The van der Waals surface area contributed by atoms with Gasteiger partial charge < -0.3 is 4.74 Å². The largest absolute Gasteiger partial charge is 0.444 e. The Morgan fingerprint density at radius 3 is 2.33 bits per heavy atom. The lowest BCUT2D eigenvalue weighted by Gasteiger charge is -2.20. The van der Waals surface area contributed by atoms with E-state index in [4.69, 9.17) is 4.74 Å². The molecule has 4 heteroatoms. The highest BCUT2D eigenvalue weighted by molar-refractivity contribution is 5.88. The zero-order chi connectivity index (χ0) is 13.9. The molecule has 0 saturated carbocycles. The first-order valence-electron chi connectivity index (χ1n) is 5.79. The van der Waals surface area contributed by atoms with Crippen molar-refractivity contribution in [1.82, 2.24) is 0 Å². The molecule has 1 aromatic carbocycles. The molecule has 0 atom stereocenters. The number of nitrogens with one attached hydrogen (secondary N) is 1. The predicted molar refractivity (Wildman–Crippen MR) is 71.2 cm³/mol. The lowest BCUT2D eigenvalue weighted by atomic mass is 10.0. The van der Waals surface area contributed by atoms with Crippen LogP contribution in [0.2, 0.25) is 0 Å². The Balaban J connectivity index is 2.91. The Bertz CT molecular complexity index is 473. The van der Waals surface area contributed by atoms with Crippen molar-refractivity contribution in [1.29, 1.82) is 0 Å². The fourth-order valence-corrected chi connectivity index (χ4v) is 1.54. The maximum atomic E-state index is 11.6. The molecule has 4 nitrogen and oxygen atoms in total. The summed E-state index contributed by atoms with van der Waals surface area (Å²) in [4.78, 5) is 22.5. The van der Waals surface area contributed by atoms with Gasteiger partial charge in [-0.3, -0.25) is 10.1 Å². The first-order valence-corrected chi connectivity index (χ1v) is 5.79. The summed E-state index contributed by atoms with van der Waals surface area (Å²) in [5.41, 5.74) is 2.39. The topological polar surface area (TPSA) is 55.4 Å². The normalized spacial score (nSPS) is 10.9. The number of anilines is 1. The summed E-state index contributed by atoms with van der Waals surface area (Å²) in [6.07, 6.45) is 0.251. The fourth-order valence-electron chi connectivity index (χ4n) is 1.54. The van der Waals surface area contributed by atoms with E-state index in [1.165, 1.54) is 0 Å². The number of rotatable bonds is 2. The Morgan fingerprint density at radius 2 is 1.83 bits per heavy atom. The Morgan fingerprint density at radius 1 is 1.22 bits per heavy atom. The maximum absolute atomic E-state index is 11.6. The summed E-state index contributed by atoms with van der Waals surface area (Å²) in [6.45, 7) is 9.12. The van der Waals surface area contributed by atoms with E-state index in [0.717, 1.165) is 17.4 Å². The highest BCUT2D eigenvalue weighted by atomic mass is 16.6. The molecule has 0 radical (unpaired) electrons. The van der Waals surface area contributed by atoms with Gasteiger partial charge in [0.15, 0.2) is 0 Å². The van der Waals surface area contributed by atoms with Gasteiger partial charge in [0.25, 0.3) is 0 Å². The van der Waals surface area contributed by atoms with Gasteiger partial charge in [-0.2, -0.15) is 0 Å². The van der Waals surface area contributed by atoms with Gasteiger partial charge >= 0.3 is 6.09 Å². The van der Waals surface area contributed by atoms with Gasteiger partial charge in [-0.05, 0) is 51.8 Å². The van der Waals surface area contributed by atoms with Crippen molar-refractivity contribution in [3.8, 4) is 0 Å². The van der Waals surface area contributed by atoms with Gasteiger partial charge in [-0.1, -0.05) is 6.07 Å². The molecule has 1 rings (SSSR count). The highest BCUT2D eigenvalue weighted by Crippen LogP contribution is 2.20. The molecule has 0 aliphatic heterocycles. The van der Waals surface area contributed by atoms with Crippen molar-refractivity contribution in [2.75, 3.05) is 5.32 Å². The molecule has 1 amide bonds. The van der Waals surface area contributed by atoms with E-state index in [1.54, 1.807) is 26.8 Å². The zero-order valence-electron chi connectivity index (χ0n) is 11.5. The minimum atomic E-state index is -0.545. The number of ether oxygens (including phenoxy) is 1. The van der Waals surface area contributed by atoms with Crippen LogP contribution in [0.5, 0.6) is 0 Å². The van der Waals surface area contributed by atoms with Crippen LogP contribution in [-0.4, -0.2) is 18.0 Å². The van der Waals surface area contributed by atoms with E-state index >= 15 is 0 Å². The second-order valence-corrected chi connectivity index (χ2v) is 5.27. The third kappa shape index (κ3) is 3.87. The van der Waals surface area contributed by atoms with Gasteiger partial charge in [0.1, 0.15) is 11.9 Å². The number of hydrogen-bond acceptors (Lipinski definition) is 3. The molecule has 0 aliphatic carbocycles. The van der Waals surface area contributed by atoms with Crippen LogP contribution in [0.15, 0.2) is 12.1 Å². The van der Waals surface area contributed by atoms with Crippen molar-refractivity contribution in [3.63, 3.8) is 0 Å². The predicted octanol–water partition coefficient (Wildman–Crippen LogP) is 3.46. The summed E-state index contributed by atoms with van der Waals surface area (Å²) < 4.78 is 5.16. The lowest BCUT2D eigenvalue weighted by molar-refractivity contribution is 0.0635. The molecular formula is C14H19NO3. The van der Waals surface area contributed by atoms with Crippen LogP contribution in [0.3, 0.4) is 0 Å². The Hall–Kier alpha value is -1.84. The number of benzene rings is 1. The summed E-state index contributed by atoms with van der Waals surface area (Å²) in [6, 6.07) is 3.51. The molecule has 0 saturated heterocycles. The number of carbonyl (C=O) groups is 2. The molecule has 0 unspecified atom stereocenters. The summed E-state index contributed by atoms with van der Waals surface area (Å²) >= 11 is 0. The smallest absolute Gasteiger partial charge is 0.412 e. The first-order chi connectivity index (χ1) is 8.23. The van der Waals surface area contributed by atoms with E-state index in [1.807, 2.05) is 19.9 Å². The first kappa shape index (κ1) is 14.2. The quantitative estimate of drug-likeness (QED) is 0.816. The van der Waals surface area contributed by atoms with E-state index < -0.39 is 11.7 Å². The molecule has 0 spiro atoms. The standard InChI is InChI=1S/C14H19NO3/c1-9-6-10(2)12(7-11(9)8-16)15-13(17)18-14(3,4)5/h6-8H,1-5H3,(H,15,17). The fraction of sp³-hybridized carbons (Fsp3) is 0.429. The van der Waals surface area contributed by atoms with Crippen molar-refractivity contribution < 1.29 is 14.3 Å². The molecule has 0 bridgehead atoms. The number of carbonyl (C=O) groups excluding carboxylic acids is 2. The minimum absolute atomic E-state index is 0.522. The number of amides is 1. The molecule has 0 aliphatic rings. The van der Waals surface area contributed by atoms with Gasteiger partial charge in [-0.15, -0.1) is 0 Å².